The molecule has 0 radical (unpaired) electrons. The molecule has 0 saturated carbocycles. The van der Waals surface area contributed by atoms with E-state index in [0.717, 1.165) is 11.3 Å². The molecule has 1 aliphatic heterocycles. The minimum atomic E-state index is -1.08. The first kappa shape index (κ1) is 19.5. The normalized spacial score (nSPS) is 17.4. The van der Waals surface area contributed by atoms with Gasteiger partial charge in [0.1, 0.15) is 0 Å². The van der Waals surface area contributed by atoms with E-state index in [1.165, 1.54) is 6.33 Å². The predicted octanol–water partition coefficient (Wildman–Crippen LogP) is 4.72. The summed E-state index contributed by atoms with van der Waals surface area (Å²) in [6.45, 7) is 7.11. The molecule has 0 amide bonds. The monoisotopic (exact) mass is 407 g/mol. The molecular weight excluding hydrogens is 389 g/mol. The zero-order valence-corrected chi connectivity index (χ0v) is 16.9. The van der Waals surface area contributed by atoms with E-state index in [4.69, 9.17) is 32.5 Å². The Balaban J connectivity index is 1.99. The molecule has 1 N–H and O–H groups in total. The van der Waals surface area contributed by atoms with E-state index >= 15 is 0 Å². The molecular formula is C19H19Cl2N3O3. The number of aromatic nitrogens is 2. The third kappa shape index (κ3) is 3.87. The maximum Gasteiger partial charge on any atom is 0.337 e. The number of allylic oxidation sites excluding steroid dienone is 3. The lowest BCUT2D eigenvalue weighted by Gasteiger charge is -2.29. The van der Waals surface area contributed by atoms with Crippen LogP contribution in [0.4, 0.5) is 0 Å². The Hall–Kier alpha value is -2.31. The Morgan fingerprint density at radius 2 is 2.04 bits per heavy atom. The van der Waals surface area contributed by atoms with Crippen molar-refractivity contribution < 1.29 is 14.1 Å². The van der Waals surface area contributed by atoms with E-state index in [1.54, 1.807) is 26.0 Å². The van der Waals surface area contributed by atoms with Crippen molar-refractivity contribution in [1.82, 2.24) is 15.5 Å². The van der Waals surface area contributed by atoms with E-state index in [2.05, 4.69) is 15.5 Å². The fourth-order valence-corrected chi connectivity index (χ4v) is 3.45. The maximum atomic E-state index is 13.1. The van der Waals surface area contributed by atoms with Gasteiger partial charge < -0.3 is 14.6 Å². The van der Waals surface area contributed by atoms with E-state index < -0.39 is 17.5 Å². The minimum absolute atomic E-state index is 0.210. The summed E-state index contributed by atoms with van der Waals surface area (Å²) in [5, 5.41) is 7.58. The van der Waals surface area contributed by atoms with Crippen LogP contribution in [0.5, 0.6) is 0 Å². The molecule has 2 aromatic rings. The number of carbonyl (C=O) groups is 1. The van der Waals surface area contributed by atoms with Crippen LogP contribution in [0.15, 0.2) is 52.1 Å². The fourth-order valence-electron chi connectivity index (χ4n) is 3.03. The second kappa shape index (κ2) is 7.37. The molecule has 0 saturated heterocycles. The van der Waals surface area contributed by atoms with Crippen LogP contribution in [-0.4, -0.2) is 16.1 Å². The molecule has 27 heavy (non-hydrogen) atoms. The smallest absolute Gasteiger partial charge is 0.337 e. The lowest BCUT2D eigenvalue weighted by atomic mass is 9.86. The van der Waals surface area contributed by atoms with Crippen molar-refractivity contribution in [2.75, 3.05) is 0 Å². The van der Waals surface area contributed by atoms with Crippen LogP contribution in [0, 0.1) is 0 Å². The van der Waals surface area contributed by atoms with Crippen LogP contribution in [0.25, 0.3) is 0 Å². The van der Waals surface area contributed by atoms with Gasteiger partial charge in [-0.15, -0.1) is 0 Å². The summed E-state index contributed by atoms with van der Waals surface area (Å²) in [6.07, 6.45) is 3.18. The largest absolute Gasteiger partial charge is 0.446 e. The molecule has 0 fully saturated rings. The average molecular weight is 408 g/mol. The lowest BCUT2D eigenvalue weighted by Crippen LogP contribution is -2.31. The quantitative estimate of drug-likeness (QED) is 0.738. The van der Waals surface area contributed by atoms with Gasteiger partial charge in [-0.25, -0.2) is 4.79 Å². The van der Waals surface area contributed by atoms with Gasteiger partial charge in [0.25, 0.3) is 5.89 Å². The molecule has 6 nitrogen and oxygen atoms in total. The molecule has 0 bridgehead atoms. The highest BCUT2D eigenvalue weighted by molar-refractivity contribution is 6.42. The van der Waals surface area contributed by atoms with E-state index in [0.29, 0.717) is 21.3 Å². The van der Waals surface area contributed by atoms with Crippen LogP contribution >= 0.6 is 23.2 Å². The van der Waals surface area contributed by atoms with Gasteiger partial charge in [0.2, 0.25) is 0 Å². The van der Waals surface area contributed by atoms with Gasteiger partial charge in [-0.2, -0.15) is 4.98 Å². The van der Waals surface area contributed by atoms with Crippen LogP contribution in [-0.2, 0) is 15.1 Å². The number of nitrogens with zero attached hydrogens (tertiary/aromatic N) is 2. The van der Waals surface area contributed by atoms with Gasteiger partial charge in [0.15, 0.2) is 11.9 Å². The van der Waals surface area contributed by atoms with Gasteiger partial charge in [0.05, 0.1) is 15.6 Å². The number of carbonyl (C=O) groups excluding carboxylic acids is 1. The highest BCUT2D eigenvalue weighted by Crippen LogP contribution is 2.39. The second-order valence-corrected chi connectivity index (χ2v) is 7.57. The van der Waals surface area contributed by atoms with Crippen molar-refractivity contribution in [3.8, 4) is 0 Å². The number of esters is 1. The first-order chi connectivity index (χ1) is 12.7. The molecule has 1 aromatic carbocycles. The molecule has 3 rings (SSSR count). The van der Waals surface area contributed by atoms with Gasteiger partial charge >= 0.3 is 5.97 Å². The maximum absolute atomic E-state index is 13.1. The Kier molecular flexibility index (Phi) is 5.31. The summed E-state index contributed by atoms with van der Waals surface area (Å²) in [4.78, 5) is 17.1. The lowest BCUT2D eigenvalue weighted by molar-refractivity contribution is -0.155. The summed E-state index contributed by atoms with van der Waals surface area (Å²) in [5.74, 6) is -0.696. The number of hydrogen-bond donors (Lipinski definition) is 1. The number of dihydropyridines is 1. The van der Waals surface area contributed by atoms with Crippen molar-refractivity contribution in [2.24, 2.45) is 0 Å². The first-order valence-corrected chi connectivity index (χ1v) is 9.07. The van der Waals surface area contributed by atoms with Gasteiger partial charge in [-0.1, -0.05) is 46.6 Å². The topological polar surface area (TPSA) is 77.2 Å². The number of ether oxygens (including phenoxy) is 1. The highest BCUT2D eigenvalue weighted by atomic mass is 35.5. The van der Waals surface area contributed by atoms with Crippen molar-refractivity contribution >= 4 is 29.2 Å². The minimum Gasteiger partial charge on any atom is -0.446 e. The molecule has 0 spiro atoms. The standard InChI is InChI=1S/C19H19Cl2N3O3/c1-10-8-13(12-6-5-7-14(20)16(12)21)15(11(2)24-10)17(25)26-19(3,4)18-22-9-23-27-18/h5-9,13,24H,1-4H3. The first-order valence-electron chi connectivity index (χ1n) is 8.31. The van der Waals surface area contributed by atoms with E-state index in [1.807, 2.05) is 26.0 Å². The summed E-state index contributed by atoms with van der Waals surface area (Å²) in [6, 6.07) is 5.35. The van der Waals surface area contributed by atoms with Gasteiger partial charge in [-0.3, -0.25) is 0 Å². The van der Waals surface area contributed by atoms with Crippen LogP contribution in [0.1, 0.15) is 45.1 Å². The summed E-state index contributed by atoms with van der Waals surface area (Å²) < 4.78 is 10.8. The van der Waals surface area contributed by atoms with E-state index in [-0.39, 0.29) is 5.89 Å². The molecule has 142 valence electrons. The van der Waals surface area contributed by atoms with Crippen molar-refractivity contribution in [1.29, 1.82) is 0 Å². The summed E-state index contributed by atoms with van der Waals surface area (Å²) in [7, 11) is 0. The van der Waals surface area contributed by atoms with Crippen molar-refractivity contribution in [3.63, 3.8) is 0 Å². The molecule has 1 aromatic heterocycles. The van der Waals surface area contributed by atoms with Crippen molar-refractivity contribution in [2.45, 2.75) is 39.2 Å². The Labute approximate surface area is 167 Å². The Morgan fingerprint density at radius 1 is 1.30 bits per heavy atom. The third-order valence-electron chi connectivity index (χ3n) is 4.28. The summed E-state index contributed by atoms with van der Waals surface area (Å²) >= 11 is 12.6. The molecule has 0 aliphatic carbocycles. The zero-order chi connectivity index (χ0) is 19.8. The zero-order valence-electron chi connectivity index (χ0n) is 15.3. The van der Waals surface area contributed by atoms with Crippen LogP contribution < -0.4 is 5.32 Å². The highest BCUT2D eigenvalue weighted by Gasteiger charge is 2.36. The predicted molar refractivity (Wildman–Crippen MR) is 102 cm³/mol. The Bertz CT molecular complexity index is 934. The van der Waals surface area contributed by atoms with Crippen LogP contribution in [0.3, 0.4) is 0 Å². The number of nitrogens with one attached hydrogen (secondary N) is 1. The number of rotatable bonds is 4. The van der Waals surface area contributed by atoms with Gasteiger partial charge in [-0.05, 0) is 39.3 Å². The Morgan fingerprint density at radius 3 is 2.70 bits per heavy atom. The molecule has 1 atom stereocenters. The third-order valence-corrected chi connectivity index (χ3v) is 5.11. The summed E-state index contributed by atoms with van der Waals surface area (Å²) in [5.41, 5.74) is 1.67. The fraction of sp³-hybridized carbons (Fsp3) is 0.316. The number of halogens is 2. The number of benzene rings is 1. The van der Waals surface area contributed by atoms with Crippen LogP contribution in [0.2, 0.25) is 10.0 Å². The second-order valence-electron chi connectivity index (χ2n) is 6.78. The average Bonchev–Trinajstić information content (AvgIpc) is 3.11. The van der Waals surface area contributed by atoms with Gasteiger partial charge in [0, 0.05) is 17.3 Å². The molecule has 1 unspecified atom stereocenters. The molecule has 8 heteroatoms. The number of hydrogen-bond acceptors (Lipinski definition) is 6. The SMILES string of the molecule is CC1=CC(c2cccc(Cl)c2Cl)C(C(=O)OC(C)(C)c2ncno2)=C(C)N1. The van der Waals surface area contributed by atoms with Crippen molar-refractivity contribution in [3.05, 3.63) is 69.1 Å². The molecule has 2 heterocycles. The van der Waals surface area contributed by atoms with E-state index in [9.17, 15) is 4.79 Å². The molecule has 1 aliphatic rings.